The molecule has 2 rings (SSSR count). The molecule has 4 nitrogen and oxygen atoms in total. The van der Waals surface area contributed by atoms with Gasteiger partial charge in [0.1, 0.15) is 5.82 Å². The molecule has 0 saturated carbocycles. The van der Waals surface area contributed by atoms with Crippen LogP contribution in [0.25, 0.3) is 0 Å². The SMILES string of the molecule is Cc1ccc(NS(=O)(=O)c2cc(N)cc(F)c2)cc1. The normalized spacial score (nSPS) is 11.3. The van der Waals surface area contributed by atoms with Gasteiger partial charge in [-0.25, -0.2) is 12.8 Å². The third kappa shape index (κ3) is 3.23. The number of aryl methyl sites for hydroxylation is 1. The van der Waals surface area contributed by atoms with E-state index in [9.17, 15) is 12.8 Å². The van der Waals surface area contributed by atoms with Crippen LogP contribution in [0.3, 0.4) is 0 Å². The predicted molar refractivity (Wildman–Crippen MR) is 72.8 cm³/mol. The standard InChI is InChI=1S/C13H13FN2O2S/c1-9-2-4-12(5-3-9)16-19(17,18)13-7-10(14)6-11(15)8-13/h2-8,16H,15H2,1H3. The van der Waals surface area contributed by atoms with Gasteiger partial charge in [-0.2, -0.15) is 0 Å². The lowest BCUT2D eigenvalue weighted by atomic mass is 10.2. The first-order valence-corrected chi connectivity index (χ1v) is 7.01. The minimum Gasteiger partial charge on any atom is -0.399 e. The summed E-state index contributed by atoms with van der Waals surface area (Å²) in [6.07, 6.45) is 0. The van der Waals surface area contributed by atoms with Gasteiger partial charge in [0.2, 0.25) is 0 Å². The molecule has 100 valence electrons. The van der Waals surface area contributed by atoms with Crippen molar-refractivity contribution in [2.75, 3.05) is 10.5 Å². The van der Waals surface area contributed by atoms with E-state index >= 15 is 0 Å². The van der Waals surface area contributed by atoms with E-state index in [1.165, 1.54) is 6.07 Å². The van der Waals surface area contributed by atoms with Crippen LogP contribution >= 0.6 is 0 Å². The molecule has 0 amide bonds. The zero-order chi connectivity index (χ0) is 14.0. The van der Waals surface area contributed by atoms with Gasteiger partial charge < -0.3 is 5.73 Å². The summed E-state index contributed by atoms with van der Waals surface area (Å²) >= 11 is 0. The fraction of sp³-hybridized carbons (Fsp3) is 0.0769. The summed E-state index contributed by atoms with van der Waals surface area (Å²) < 4.78 is 39.7. The molecule has 0 spiro atoms. The highest BCUT2D eigenvalue weighted by atomic mass is 32.2. The highest BCUT2D eigenvalue weighted by Crippen LogP contribution is 2.19. The van der Waals surface area contributed by atoms with Gasteiger partial charge in [0, 0.05) is 11.4 Å². The van der Waals surface area contributed by atoms with E-state index in [1.54, 1.807) is 24.3 Å². The summed E-state index contributed by atoms with van der Waals surface area (Å²) in [6.45, 7) is 1.89. The number of hydrogen-bond donors (Lipinski definition) is 2. The smallest absolute Gasteiger partial charge is 0.262 e. The molecular formula is C13H13FN2O2S. The van der Waals surface area contributed by atoms with Crippen LogP contribution in [0.4, 0.5) is 15.8 Å². The van der Waals surface area contributed by atoms with Gasteiger partial charge in [-0.3, -0.25) is 4.72 Å². The molecule has 6 heteroatoms. The molecule has 0 fully saturated rings. The number of nitrogens with one attached hydrogen (secondary N) is 1. The molecule has 2 aromatic carbocycles. The van der Waals surface area contributed by atoms with E-state index < -0.39 is 15.8 Å². The van der Waals surface area contributed by atoms with Crippen LogP contribution in [-0.4, -0.2) is 8.42 Å². The lowest BCUT2D eigenvalue weighted by Gasteiger charge is -2.09. The van der Waals surface area contributed by atoms with Crippen LogP contribution < -0.4 is 10.5 Å². The van der Waals surface area contributed by atoms with E-state index in [0.29, 0.717) is 5.69 Å². The predicted octanol–water partition coefficient (Wildman–Crippen LogP) is 2.52. The summed E-state index contributed by atoms with van der Waals surface area (Å²) in [5.41, 5.74) is 6.92. The second kappa shape index (κ2) is 4.89. The van der Waals surface area contributed by atoms with Crippen molar-refractivity contribution in [1.29, 1.82) is 0 Å². The van der Waals surface area contributed by atoms with Crippen LogP contribution in [0.1, 0.15) is 5.56 Å². The van der Waals surface area contributed by atoms with Gasteiger partial charge in [0.05, 0.1) is 4.90 Å². The Hall–Kier alpha value is -2.08. The molecule has 19 heavy (non-hydrogen) atoms. The number of nitrogens with two attached hydrogens (primary N) is 1. The third-order valence-corrected chi connectivity index (χ3v) is 3.87. The average molecular weight is 280 g/mol. The monoisotopic (exact) mass is 280 g/mol. The number of halogens is 1. The van der Waals surface area contributed by atoms with E-state index in [1.807, 2.05) is 6.92 Å². The molecule has 0 heterocycles. The molecule has 0 aliphatic rings. The average Bonchev–Trinajstić information content (AvgIpc) is 2.31. The van der Waals surface area contributed by atoms with Crippen molar-refractivity contribution in [3.8, 4) is 0 Å². The first kappa shape index (κ1) is 13.4. The molecular weight excluding hydrogens is 267 g/mol. The highest BCUT2D eigenvalue weighted by molar-refractivity contribution is 7.92. The van der Waals surface area contributed by atoms with Gasteiger partial charge in [-0.1, -0.05) is 17.7 Å². The lowest BCUT2D eigenvalue weighted by Crippen LogP contribution is -2.13. The largest absolute Gasteiger partial charge is 0.399 e. The maximum absolute atomic E-state index is 13.2. The molecule has 0 unspecified atom stereocenters. The van der Waals surface area contributed by atoms with E-state index in [-0.39, 0.29) is 10.6 Å². The molecule has 0 radical (unpaired) electrons. The van der Waals surface area contributed by atoms with Gasteiger partial charge in [0.25, 0.3) is 10.0 Å². The van der Waals surface area contributed by atoms with E-state index in [2.05, 4.69) is 4.72 Å². The third-order valence-electron chi connectivity index (χ3n) is 2.51. The van der Waals surface area contributed by atoms with Crippen LogP contribution in [0.5, 0.6) is 0 Å². The molecule has 0 saturated heterocycles. The quantitative estimate of drug-likeness (QED) is 0.848. The number of hydrogen-bond acceptors (Lipinski definition) is 3. The first-order chi connectivity index (χ1) is 8.87. The Labute approximate surface area is 111 Å². The summed E-state index contributed by atoms with van der Waals surface area (Å²) in [5, 5.41) is 0. The van der Waals surface area contributed by atoms with Crippen molar-refractivity contribution in [3.05, 3.63) is 53.8 Å². The van der Waals surface area contributed by atoms with Crippen LogP contribution in [0.2, 0.25) is 0 Å². The van der Waals surface area contributed by atoms with Gasteiger partial charge >= 0.3 is 0 Å². The second-order valence-corrected chi connectivity index (χ2v) is 5.87. The van der Waals surface area contributed by atoms with Crippen LogP contribution in [0, 0.1) is 12.7 Å². The van der Waals surface area contributed by atoms with Gasteiger partial charge in [0.15, 0.2) is 0 Å². The maximum Gasteiger partial charge on any atom is 0.262 e. The first-order valence-electron chi connectivity index (χ1n) is 5.52. The van der Waals surface area contributed by atoms with Gasteiger partial charge in [-0.15, -0.1) is 0 Å². The van der Waals surface area contributed by atoms with E-state index in [0.717, 1.165) is 17.7 Å². The Morgan fingerprint density at radius 1 is 1.11 bits per heavy atom. The number of benzene rings is 2. The molecule has 2 aromatic rings. The molecule has 0 aliphatic carbocycles. The summed E-state index contributed by atoms with van der Waals surface area (Å²) in [7, 11) is -3.84. The van der Waals surface area contributed by atoms with E-state index in [4.69, 9.17) is 5.73 Å². The Morgan fingerprint density at radius 2 is 1.74 bits per heavy atom. The van der Waals surface area contributed by atoms with Crippen molar-refractivity contribution < 1.29 is 12.8 Å². The fourth-order valence-corrected chi connectivity index (χ4v) is 2.70. The zero-order valence-corrected chi connectivity index (χ0v) is 11.0. The minimum atomic E-state index is -3.84. The zero-order valence-electron chi connectivity index (χ0n) is 10.2. The second-order valence-electron chi connectivity index (χ2n) is 4.19. The van der Waals surface area contributed by atoms with Gasteiger partial charge in [-0.05, 0) is 37.3 Å². The Balaban J connectivity index is 2.34. The maximum atomic E-state index is 13.2. The summed E-state index contributed by atoms with van der Waals surface area (Å²) in [6, 6.07) is 10.0. The van der Waals surface area contributed by atoms with Crippen molar-refractivity contribution >= 4 is 21.4 Å². The van der Waals surface area contributed by atoms with Crippen molar-refractivity contribution in [1.82, 2.24) is 0 Å². The van der Waals surface area contributed by atoms with Crippen molar-refractivity contribution in [3.63, 3.8) is 0 Å². The minimum absolute atomic E-state index is 0.0595. The number of nitrogen functional groups attached to an aromatic ring is 1. The van der Waals surface area contributed by atoms with Crippen LogP contribution in [0.15, 0.2) is 47.4 Å². The Morgan fingerprint density at radius 3 is 2.32 bits per heavy atom. The number of anilines is 2. The van der Waals surface area contributed by atoms with Crippen molar-refractivity contribution in [2.24, 2.45) is 0 Å². The Bertz CT molecular complexity index is 677. The lowest BCUT2D eigenvalue weighted by molar-refractivity contribution is 0.595. The molecule has 0 aliphatic heterocycles. The number of rotatable bonds is 3. The fourth-order valence-electron chi connectivity index (χ4n) is 1.58. The van der Waals surface area contributed by atoms with Crippen molar-refractivity contribution in [2.45, 2.75) is 11.8 Å². The molecule has 0 aromatic heterocycles. The summed E-state index contributed by atoms with van der Waals surface area (Å²) in [5.74, 6) is -0.690. The summed E-state index contributed by atoms with van der Waals surface area (Å²) in [4.78, 5) is -0.203. The molecule has 0 atom stereocenters. The number of sulfonamides is 1. The molecule has 0 bridgehead atoms. The van der Waals surface area contributed by atoms with Crippen LogP contribution in [-0.2, 0) is 10.0 Å². The Kier molecular flexibility index (Phi) is 3.44. The topological polar surface area (TPSA) is 72.2 Å². The molecule has 3 N–H and O–H groups in total. The highest BCUT2D eigenvalue weighted by Gasteiger charge is 2.15.